The largest absolute Gasteiger partial charge is 0.309 e. The average molecular weight is 1730 g/mol. The van der Waals surface area contributed by atoms with E-state index in [-0.39, 0.29) is 0 Å². The third kappa shape index (κ3) is 11.4. The minimum Gasteiger partial charge on any atom is -0.309 e. The van der Waals surface area contributed by atoms with Crippen molar-refractivity contribution in [3.05, 3.63) is 467 Å². The first kappa shape index (κ1) is 76.2. The summed E-state index contributed by atoms with van der Waals surface area (Å²) < 4.78 is 19.4. The Hall–Kier alpha value is -18.7. The third-order valence-electron chi connectivity index (χ3n) is 27.9. The Bertz CT molecular complexity index is 9980. The van der Waals surface area contributed by atoms with Gasteiger partial charge in [-0.2, -0.15) is 5.26 Å². The minimum atomic E-state index is 0.611. The lowest BCUT2D eigenvalue weighted by atomic mass is 10.0. The van der Waals surface area contributed by atoms with Gasteiger partial charge in [-0.15, -0.1) is 0 Å². The molecule has 0 saturated heterocycles. The molecule has 29 aromatic rings. The Morgan fingerprint density at radius 3 is 0.824 bits per heavy atom. The monoisotopic (exact) mass is 1730 g/mol. The molecule has 12 nitrogen and oxygen atoms in total. The second-order valence-corrected chi connectivity index (χ2v) is 35.2. The molecule has 0 aliphatic carbocycles. The molecular weight excluding hydrogens is 1660 g/mol. The molecule has 20 aromatic carbocycles. The highest BCUT2D eigenvalue weighted by Crippen LogP contribution is 2.51. The van der Waals surface area contributed by atoms with Gasteiger partial charge in [0.25, 0.3) is 0 Å². The maximum atomic E-state index is 10.1. The zero-order valence-corrected chi connectivity index (χ0v) is 73.2. The molecule has 136 heavy (non-hydrogen) atoms. The number of para-hydroxylation sites is 10. The number of fused-ring (bicyclic) bond motifs is 28. The summed E-state index contributed by atoms with van der Waals surface area (Å²) in [6, 6.07) is 167. The van der Waals surface area contributed by atoms with Crippen LogP contribution in [-0.2, 0) is 0 Å². The molecule has 12 heteroatoms. The fraction of sp³-hybridized carbons (Fsp3) is 0. The van der Waals surface area contributed by atoms with E-state index < -0.39 is 0 Å². The van der Waals surface area contributed by atoms with E-state index in [1.54, 1.807) is 0 Å². The zero-order valence-electron chi connectivity index (χ0n) is 73.2. The Morgan fingerprint density at radius 1 is 0.162 bits per heavy atom. The summed E-state index contributed by atoms with van der Waals surface area (Å²) in [7, 11) is 0. The first-order valence-corrected chi connectivity index (χ1v) is 46.1. The molecule has 632 valence electrons. The molecule has 0 amide bonds. The van der Waals surface area contributed by atoms with Crippen LogP contribution in [0.4, 0.5) is 0 Å². The van der Waals surface area contributed by atoms with Crippen molar-refractivity contribution in [1.29, 1.82) is 5.26 Å². The van der Waals surface area contributed by atoms with Crippen LogP contribution in [0.25, 0.3) is 254 Å². The molecule has 0 N–H and O–H groups in total. The summed E-state index contributed by atoms with van der Waals surface area (Å²) in [6.07, 6.45) is 0. The molecule has 9 aromatic heterocycles. The van der Waals surface area contributed by atoms with Crippen LogP contribution in [0, 0.1) is 11.3 Å². The van der Waals surface area contributed by atoms with Crippen molar-refractivity contribution in [2.75, 3.05) is 0 Å². The average Bonchev–Trinajstić information content (AvgIpc) is 1.55. The summed E-state index contributed by atoms with van der Waals surface area (Å²) >= 11 is 0. The fourth-order valence-electron chi connectivity index (χ4n) is 22.4. The first-order valence-electron chi connectivity index (χ1n) is 46.1. The number of nitrogens with zero attached hydrogens (tertiary/aromatic N) is 12. The van der Waals surface area contributed by atoms with E-state index in [9.17, 15) is 5.26 Å². The summed E-state index contributed by atoms with van der Waals surface area (Å²) in [4.78, 5) is 15.8. The molecule has 0 aliphatic rings. The van der Waals surface area contributed by atoms with Crippen LogP contribution in [0.5, 0.6) is 0 Å². The second kappa shape index (κ2) is 30.2. The number of benzene rings is 20. The van der Waals surface area contributed by atoms with Gasteiger partial charge < -0.3 is 36.5 Å². The van der Waals surface area contributed by atoms with Crippen LogP contribution in [-0.4, -0.2) is 51.5 Å². The molecule has 29 rings (SSSR count). The molecule has 0 unspecified atom stereocenters. The van der Waals surface area contributed by atoms with E-state index in [0.29, 0.717) is 23.0 Å². The number of hydrogen-bond donors (Lipinski definition) is 0. The van der Waals surface area contributed by atoms with E-state index in [0.717, 1.165) is 144 Å². The van der Waals surface area contributed by atoms with Crippen LogP contribution < -0.4 is 0 Å². The van der Waals surface area contributed by atoms with Gasteiger partial charge in [-0.25, -0.2) is 15.0 Å². The minimum absolute atomic E-state index is 0.611. The lowest BCUT2D eigenvalue weighted by Crippen LogP contribution is -2.00. The van der Waals surface area contributed by atoms with E-state index >= 15 is 0 Å². The van der Waals surface area contributed by atoms with Crippen molar-refractivity contribution in [3.8, 4) is 85.7 Å². The Morgan fingerprint density at radius 2 is 0.426 bits per heavy atom. The van der Waals surface area contributed by atoms with Gasteiger partial charge in [0.05, 0.1) is 99.9 Å². The van der Waals surface area contributed by atoms with E-state index in [1.807, 2.05) is 42.5 Å². The van der Waals surface area contributed by atoms with E-state index in [4.69, 9.17) is 15.0 Å². The van der Waals surface area contributed by atoms with Gasteiger partial charge in [0.2, 0.25) is 0 Å². The highest BCUT2D eigenvalue weighted by Gasteiger charge is 2.30. The van der Waals surface area contributed by atoms with Crippen LogP contribution in [0.2, 0.25) is 0 Å². The van der Waals surface area contributed by atoms with Crippen molar-refractivity contribution in [2.24, 2.45) is 0 Å². The number of hydrogen-bond acceptors (Lipinski definition) is 4. The Labute approximate surface area is 778 Å². The molecule has 0 saturated carbocycles. The van der Waals surface area contributed by atoms with Crippen LogP contribution >= 0.6 is 0 Å². The predicted molar refractivity (Wildman–Crippen MR) is 562 cm³/mol. The van der Waals surface area contributed by atoms with Gasteiger partial charge in [0, 0.05) is 148 Å². The number of nitriles is 1. The smallest absolute Gasteiger partial charge is 0.164 e. The van der Waals surface area contributed by atoms with Crippen LogP contribution in [0.1, 0.15) is 5.56 Å². The Balaban J connectivity index is 0.000000138. The van der Waals surface area contributed by atoms with Crippen molar-refractivity contribution in [1.82, 2.24) is 51.5 Å². The van der Waals surface area contributed by atoms with Gasteiger partial charge >= 0.3 is 0 Å². The SMILES string of the molecule is N#Cc1ccc2c(c1)c1c(ccc3c4ccccc4n(-c4ccc5c(c4)c4ccc6c(c7ccccc7n6-c6ccccc6)c4n5-c4ccccc4)c31)n2-c1ccccc1.c1ccc(-c2nc(-c3ccccc3)nc(-c3cccc4c3c3c(ccc5c6ccccc6n(-c6ccc7c(c6)c6ccc8c(c9ccccc9n8-c8ccccc8)c6n7-c6ccccc6)c53)n4-c3ccccc3)n2)cc1. The Kier molecular flexibility index (Phi) is 16.9. The van der Waals surface area contributed by atoms with Gasteiger partial charge in [0.15, 0.2) is 17.5 Å². The van der Waals surface area contributed by atoms with Crippen molar-refractivity contribution in [3.63, 3.8) is 0 Å². The van der Waals surface area contributed by atoms with Crippen LogP contribution in [0.3, 0.4) is 0 Å². The lowest BCUT2D eigenvalue weighted by Gasteiger charge is -2.12. The van der Waals surface area contributed by atoms with Gasteiger partial charge in [0.1, 0.15) is 0 Å². The summed E-state index contributed by atoms with van der Waals surface area (Å²) in [5.41, 5.74) is 30.4. The fourth-order valence-corrected chi connectivity index (χ4v) is 22.4. The van der Waals surface area contributed by atoms with Crippen LogP contribution in [0.15, 0.2) is 461 Å². The lowest BCUT2D eigenvalue weighted by molar-refractivity contribution is 1.08. The predicted octanol–water partition coefficient (Wildman–Crippen LogP) is 31.2. The second-order valence-electron chi connectivity index (χ2n) is 35.2. The van der Waals surface area contributed by atoms with E-state index in [1.165, 1.54) is 92.3 Å². The topological polar surface area (TPSA) is 102 Å². The summed E-state index contributed by atoms with van der Waals surface area (Å²) in [5, 5.41) is 28.9. The van der Waals surface area contributed by atoms with E-state index in [2.05, 4.69) is 461 Å². The normalized spacial score (nSPS) is 12.0. The molecular formula is C124H76N12. The molecule has 0 atom stereocenters. The summed E-state index contributed by atoms with van der Waals surface area (Å²) in [5.74, 6) is 1.86. The molecule has 0 aliphatic heterocycles. The van der Waals surface area contributed by atoms with Gasteiger partial charge in [-0.1, -0.05) is 279 Å². The number of rotatable bonds is 11. The standard InChI is InChI=1S/C69H43N7.C55H33N5/c1-6-21-44(22-7-1)67-70-68(45-23-8-2-9-24-45)72-69(71-67)54-33-20-36-59-62(54)64-61(74(59)47-27-12-4-13-28-47)42-38-51-50-31-16-18-34-56(50)76(66(51)64)49-37-40-58-55(43-49)52-39-41-60-63(65(52)75(58)48-29-14-5-15-30-48)53-32-17-19-35-57(53)73(60)46-25-10-3-11-26-46;56-34-35-24-28-49-45(32-35)53-51(58(49)37-16-6-2-7-17-37)30-26-41-40-20-10-12-22-46(40)60(54(41)53)39-25-29-48-44(33-39)42-27-31-50-52(55(42)59(48)38-18-8-3-9-19-38)43-21-11-13-23-47(43)57(50)36-14-4-1-5-15-36/h1-43H;1-33H. The quantitative estimate of drug-likeness (QED) is 0.129. The highest BCUT2D eigenvalue weighted by molar-refractivity contribution is 6.32. The summed E-state index contributed by atoms with van der Waals surface area (Å²) in [6.45, 7) is 0. The molecule has 0 bridgehead atoms. The highest BCUT2D eigenvalue weighted by atomic mass is 15.1. The number of aromatic nitrogens is 11. The third-order valence-corrected chi connectivity index (χ3v) is 27.9. The molecule has 0 fully saturated rings. The maximum Gasteiger partial charge on any atom is 0.164 e. The maximum absolute atomic E-state index is 10.1. The molecule has 0 spiro atoms. The van der Waals surface area contributed by atoms with Gasteiger partial charge in [-0.05, 0) is 182 Å². The van der Waals surface area contributed by atoms with Crippen molar-refractivity contribution >= 4 is 174 Å². The first-order chi connectivity index (χ1) is 67.5. The molecule has 9 heterocycles. The van der Waals surface area contributed by atoms with Crippen molar-refractivity contribution in [2.45, 2.75) is 0 Å². The van der Waals surface area contributed by atoms with Crippen molar-refractivity contribution < 1.29 is 0 Å². The zero-order chi connectivity index (χ0) is 89.3. The van der Waals surface area contributed by atoms with Gasteiger partial charge in [-0.3, -0.25) is 0 Å². The molecule has 0 radical (unpaired) electrons.